The minimum atomic E-state index is 0.189. The van der Waals surface area contributed by atoms with Gasteiger partial charge in [0.15, 0.2) is 17.5 Å². The molecular formula is C20H32N4O4. The molecule has 1 aromatic rings. The summed E-state index contributed by atoms with van der Waals surface area (Å²) in [5.41, 5.74) is 1.01. The lowest BCUT2D eigenvalue weighted by Gasteiger charge is -2.35. The third kappa shape index (κ3) is 4.80. The van der Waals surface area contributed by atoms with Crippen LogP contribution in [0.1, 0.15) is 18.4 Å². The molecule has 0 aromatic heterocycles. The zero-order valence-electron chi connectivity index (χ0n) is 17.3. The zero-order chi connectivity index (χ0) is 19.9. The lowest BCUT2D eigenvalue weighted by molar-refractivity contribution is -0.0453. The van der Waals surface area contributed by atoms with Crippen molar-refractivity contribution in [2.75, 3.05) is 54.6 Å². The second-order valence-corrected chi connectivity index (χ2v) is 7.09. The topological polar surface area (TPSA) is 76.6 Å². The number of morpholine rings is 1. The second-order valence-electron chi connectivity index (χ2n) is 7.09. The van der Waals surface area contributed by atoms with Gasteiger partial charge in [0.1, 0.15) is 0 Å². The Morgan fingerprint density at radius 1 is 1.18 bits per heavy atom. The van der Waals surface area contributed by atoms with Crippen LogP contribution < -0.4 is 24.8 Å². The van der Waals surface area contributed by atoms with E-state index in [1.54, 1.807) is 28.4 Å². The number of nitrogens with one attached hydrogen (secondary N) is 2. The first kappa shape index (κ1) is 20.5. The summed E-state index contributed by atoms with van der Waals surface area (Å²) in [5.74, 6) is 2.60. The molecule has 2 saturated heterocycles. The van der Waals surface area contributed by atoms with Crippen LogP contribution >= 0.6 is 0 Å². The highest BCUT2D eigenvalue weighted by atomic mass is 16.5. The second kappa shape index (κ2) is 9.84. The number of methoxy groups -OCH3 is 3. The van der Waals surface area contributed by atoms with Crippen LogP contribution in [0.15, 0.2) is 17.1 Å². The van der Waals surface area contributed by atoms with Gasteiger partial charge in [-0.15, -0.1) is 0 Å². The van der Waals surface area contributed by atoms with E-state index < -0.39 is 0 Å². The Morgan fingerprint density at radius 3 is 2.57 bits per heavy atom. The summed E-state index contributed by atoms with van der Waals surface area (Å²) >= 11 is 0. The predicted octanol–water partition coefficient (Wildman–Crippen LogP) is 1.24. The number of benzene rings is 1. The van der Waals surface area contributed by atoms with Gasteiger partial charge in [-0.25, -0.2) is 0 Å². The zero-order valence-corrected chi connectivity index (χ0v) is 17.3. The fourth-order valence-electron chi connectivity index (χ4n) is 3.86. The van der Waals surface area contributed by atoms with Gasteiger partial charge in [0, 0.05) is 32.7 Å². The van der Waals surface area contributed by atoms with Crippen molar-refractivity contribution in [2.24, 2.45) is 4.99 Å². The molecule has 1 aromatic carbocycles. The van der Waals surface area contributed by atoms with Crippen LogP contribution in [0, 0.1) is 0 Å². The number of hydrogen-bond acceptors (Lipinski definition) is 6. The van der Waals surface area contributed by atoms with E-state index in [2.05, 4.69) is 20.5 Å². The van der Waals surface area contributed by atoms with Crippen LogP contribution in [-0.2, 0) is 11.3 Å². The number of ether oxygens (including phenoxy) is 4. The summed E-state index contributed by atoms with van der Waals surface area (Å²) in [5, 5.41) is 6.70. The van der Waals surface area contributed by atoms with Crippen molar-refractivity contribution in [1.29, 1.82) is 0 Å². The summed E-state index contributed by atoms with van der Waals surface area (Å²) < 4.78 is 22.2. The monoisotopic (exact) mass is 392 g/mol. The van der Waals surface area contributed by atoms with E-state index in [4.69, 9.17) is 18.9 Å². The maximum Gasteiger partial charge on any atom is 0.203 e. The normalized spacial score (nSPS) is 22.5. The molecule has 0 bridgehead atoms. The quantitative estimate of drug-likeness (QED) is 0.534. The molecule has 2 aliphatic rings. The van der Waals surface area contributed by atoms with Crippen molar-refractivity contribution >= 4 is 5.96 Å². The Labute approximate surface area is 167 Å². The molecule has 0 saturated carbocycles. The van der Waals surface area contributed by atoms with Gasteiger partial charge < -0.3 is 29.6 Å². The van der Waals surface area contributed by atoms with E-state index in [0.29, 0.717) is 29.8 Å². The summed E-state index contributed by atoms with van der Waals surface area (Å²) in [6.07, 6.45) is 2.73. The van der Waals surface area contributed by atoms with Gasteiger partial charge in [-0.3, -0.25) is 9.89 Å². The van der Waals surface area contributed by atoms with E-state index in [1.165, 1.54) is 19.4 Å². The lowest BCUT2D eigenvalue weighted by atomic mass is 10.1. The van der Waals surface area contributed by atoms with Crippen LogP contribution in [-0.4, -0.2) is 77.6 Å². The Kier molecular flexibility index (Phi) is 7.22. The van der Waals surface area contributed by atoms with Gasteiger partial charge >= 0.3 is 0 Å². The Hall–Kier alpha value is -2.19. The molecule has 156 valence electrons. The number of aliphatic imine (C=N–C) groups is 1. The Morgan fingerprint density at radius 2 is 1.93 bits per heavy atom. The standard InChI is InChI=1S/C20H32N4O4/c1-21-20(23-11-16-12-24-7-5-6-15(24)13-28-16)22-10-14-8-17(25-2)19(27-4)18(9-14)26-3/h8-9,15-16H,5-7,10-13H2,1-4H3,(H2,21,22,23). The highest BCUT2D eigenvalue weighted by Gasteiger charge is 2.32. The third-order valence-corrected chi connectivity index (χ3v) is 5.37. The van der Waals surface area contributed by atoms with Gasteiger partial charge in [0.05, 0.1) is 34.0 Å². The molecular weight excluding hydrogens is 360 g/mol. The van der Waals surface area contributed by atoms with E-state index in [0.717, 1.165) is 31.2 Å². The van der Waals surface area contributed by atoms with Gasteiger partial charge in [0.25, 0.3) is 0 Å². The maximum absolute atomic E-state index is 6.00. The molecule has 8 heteroatoms. The van der Waals surface area contributed by atoms with E-state index in [1.807, 2.05) is 12.1 Å². The molecule has 2 fully saturated rings. The van der Waals surface area contributed by atoms with E-state index in [9.17, 15) is 0 Å². The van der Waals surface area contributed by atoms with Gasteiger partial charge in [-0.1, -0.05) is 0 Å². The molecule has 8 nitrogen and oxygen atoms in total. The largest absolute Gasteiger partial charge is 0.493 e. The van der Waals surface area contributed by atoms with Gasteiger partial charge in [0.2, 0.25) is 5.75 Å². The predicted molar refractivity (Wildman–Crippen MR) is 109 cm³/mol. The highest BCUT2D eigenvalue weighted by molar-refractivity contribution is 5.79. The SMILES string of the molecule is CN=C(NCc1cc(OC)c(OC)c(OC)c1)NCC1CN2CCCC2CO1. The Bertz CT molecular complexity index is 657. The molecule has 2 aliphatic heterocycles. The van der Waals surface area contributed by atoms with Gasteiger partial charge in [-0.05, 0) is 37.1 Å². The Balaban J connectivity index is 1.52. The number of rotatable bonds is 7. The minimum Gasteiger partial charge on any atom is -0.493 e. The first-order valence-electron chi connectivity index (χ1n) is 9.77. The fraction of sp³-hybridized carbons (Fsp3) is 0.650. The van der Waals surface area contributed by atoms with Crippen LogP contribution in [0.25, 0.3) is 0 Å². The van der Waals surface area contributed by atoms with Crippen molar-refractivity contribution in [3.63, 3.8) is 0 Å². The molecule has 0 aliphatic carbocycles. The lowest BCUT2D eigenvalue weighted by Crippen LogP contribution is -2.51. The number of fused-ring (bicyclic) bond motifs is 1. The molecule has 0 amide bonds. The average Bonchev–Trinajstić information content (AvgIpc) is 3.20. The molecule has 2 heterocycles. The molecule has 28 heavy (non-hydrogen) atoms. The van der Waals surface area contributed by atoms with Crippen molar-refractivity contribution < 1.29 is 18.9 Å². The average molecular weight is 393 g/mol. The van der Waals surface area contributed by atoms with Gasteiger partial charge in [-0.2, -0.15) is 0 Å². The molecule has 2 N–H and O–H groups in total. The summed E-state index contributed by atoms with van der Waals surface area (Å²) in [6, 6.07) is 4.48. The minimum absolute atomic E-state index is 0.189. The first-order valence-corrected chi connectivity index (χ1v) is 9.77. The summed E-state index contributed by atoms with van der Waals surface area (Å²) in [7, 11) is 6.60. The number of guanidine groups is 1. The number of nitrogens with zero attached hydrogens (tertiary/aromatic N) is 2. The maximum atomic E-state index is 6.00. The van der Waals surface area contributed by atoms with Crippen molar-refractivity contribution in [1.82, 2.24) is 15.5 Å². The number of hydrogen-bond donors (Lipinski definition) is 2. The molecule has 0 spiro atoms. The molecule has 3 rings (SSSR count). The molecule has 0 radical (unpaired) electrons. The highest BCUT2D eigenvalue weighted by Crippen LogP contribution is 2.38. The summed E-state index contributed by atoms with van der Waals surface area (Å²) in [6.45, 7) is 4.33. The smallest absolute Gasteiger partial charge is 0.203 e. The van der Waals surface area contributed by atoms with Crippen LogP contribution in [0.3, 0.4) is 0 Å². The van der Waals surface area contributed by atoms with E-state index >= 15 is 0 Å². The van der Waals surface area contributed by atoms with Crippen LogP contribution in [0.5, 0.6) is 17.2 Å². The molecule has 2 atom stereocenters. The summed E-state index contributed by atoms with van der Waals surface area (Å²) in [4.78, 5) is 6.85. The first-order chi connectivity index (χ1) is 13.7. The third-order valence-electron chi connectivity index (χ3n) is 5.37. The van der Waals surface area contributed by atoms with Crippen molar-refractivity contribution in [2.45, 2.75) is 31.5 Å². The molecule has 2 unspecified atom stereocenters. The van der Waals surface area contributed by atoms with E-state index in [-0.39, 0.29) is 6.10 Å². The van der Waals surface area contributed by atoms with Crippen molar-refractivity contribution in [3.05, 3.63) is 17.7 Å². The van der Waals surface area contributed by atoms with Crippen molar-refractivity contribution in [3.8, 4) is 17.2 Å². The van der Waals surface area contributed by atoms with Crippen LogP contribution in [0.2, 0.25) is 0 Å². The van der Waals surface area contributed by atoms with Crippen LogP contribution in [0.4, 0.5) is 0 Å². The fourth-order valence-corrected chi connectivity index (χ4v) is 3.86.